The second-order valence-electron chi connectivity index (χ2n) is 3.65. The number of anilines is 1. The number of hydrogen-bond donors (Lipinski definition) is 1. The van der Waals surface area contributed by atoms with Crippen molar-refractivity contribution in [1.29, 1.82) is 0 Å². The number of nitrogens with zero attached hydrogens (tertiary/aromatic N) is 2. The van der Waals surface area contributed by atoms with Crippen LogP contribution in [0.15, 0.2) is 34.6 Å². The molecule has 1 aromatic heterocycles. The zero-order valence-electron chi connectivity index (χ0n) is 9.62. The third kappa shape index (κ3) is 2.40. The Balaban J connectivity index is 2.41. The van der Waals surface area contributed by atoms with Crippen LogP contribution in [0.3, 0.4) is 0 Å². The van der Waals surface area contributed by atoms with E-state index < -0.39 is 4.92 Å². The summed E-state index contributed by atoms with van der Waals surface area (Å²) in [6, 6.07) is 4.56. The molecule has 0 amide bonds. The van der Waals surface area contributed by atoms with Crippen LogP contribution in [0.25, 0.3) is 0 Å². The molecule has 0 radical (unpaired) electrons. The topological polar surface area (TPSA) is 77.2 Å². The normalized spacial score (nSPS) is 10.3. The molecule has 0 aliphatic rings. The van der Waals surface area contributed by atoms with Crippen LogP contribution < -0.4 is 10.2 Å². The molecule has 0 saturated carbocycles. The lowest BCUT2D eigenvalue weighted by molar-refractivity contribution is -0.384. The Morgan fingerprint density at radius 2 is 2.28 bits per heavy atom. The van der Waals surface area contributed by atoms with Crippen molar-refractivity contribution in [3.63, 3.8) is 0 Å². The summed E-state index contributed by atoms with van der Waals surface area (Å²) in [5.74, 6) is 0. The first-order chi connectivity index (χ1) is 8.61. The summed E-state index contributed by atoms with van der Waals surface area (Å²) < 4.78 is 1.52. The van der Waals surface area contributed by atoms with Gasteiger partial charge in [-0.05, 0) is 6.07 Å². The number of nitrogens with one attached hydrogen (secondary N) is 1. The van der Waals surface area contributed by atoms with Crippen LogP contribution in [-0.2, 0) is 6.54 Å². The molecule has 0 fully saturated rings. The molecule has 94 valence electrons. The lowest BCUT2D eigenvalue weighted by Crippen LogP contribution is -2.13. The standard InChI is InChI=1S/C11H11N3O3S/c1-12-10-3-2-9(14(16)17)6-8(10)7-13-4-5-18-11(13)15/h2-6,12H,7H2,1H3. The number of aromatic nitrogens is 1. The van der Waals surface area contributed by atoms with Gasteiger partial charge >= 0.3 is 4.87 Å². The number of benzene rings is 1. The third-order valence-corrected chi connectivity index (χ3v) is 3.25. The Hall–Kier alpha value is -2.15. The number of thiazole rings is 1. The predicted octanol–water partition coefficient (Wildman–Crippen LogP) is 1.91. The lowest BCUT2D eigenvalue weighted by atomic mass is 10.1. The Bertz CT molecular complexity index is 632. The summed E-state index contributed by atoms with van der Waals surface area (Å²) in [4.78, 5) is 21.7. The smallest absolute Gasteiger partial charge is 0.307 e. The first kappa shape index (κ1) is 12.3. The molecule has 0 bridgehead atoms. The lowest BCUT2D eigenvalue weighted by Gasteiger charge is -2.09. The fraction of sp³-hybridized carbons (Fsp3) is 0.182. The molecule has 0 aliphatic heterocycles. The SMILES string of the molecule is CNc1ccc([N+](=O)[O-])cc1Cn1ccsc1=O. The van der Waals surface area contributed by atoms with Gasteiger partial charge < -0.3 is 9.88 Å². The summed E-state index contributed by atoms with van der Waals surface area (Å²) in [5, 5.41) is 15.4. The molecule has 1 N–H and O–H groups in total. The van der Waals surface area contributed by atoms with E-state index in [9.17, 15) is 14.9 Å². The van der Waals surface area contributed by atoms with Gasteiger partial charge in [0, 0.05) is 42.0 Å². The van der Waals surface area contributed by atoms with E-state index in [0.29, 0.717) is 12.1 Å². The Morgan fingerprint density at radius 3 is 2.83 bits per heavy atom. The molecule has 0 atom stereocenters. The first-order valence-electron chi connectivity index (χ1n) is 5.21. The van der Waals surface area contributed by atoms with Crippen molar-refractivity contribution in [2.45, 2.75) is 6.54 Å². The summed E-state index contributed by atoms with van der Waals surface area (Å²) >= 11 is 1.10. The molecule has 0 aliphatic carbocycles. The van der Waals surface area contributed by atoms with Gasteiger partial charge in [0.15, 0.2) is 0 Å². The summed E-state index contributed by atoms with van der Waals surface area (Å²) in [5.41, 5.74) is 1.51. The molecule has 6 nitrogen and oxygen atoms in total. The van der Waals surface area contributed by atoms with E-state index >= 15 is 0 Å². The Morgan fingerprint density at radius 1 is 1.50 bits per heavy atom. The second-order valence-corrected chi connectivity index (χ2v) is 4.50. The van der Waals surface area contributed by atoms with Gasteiger partial charge in [0.05, 0.1) is 11.5 Å². The third-order valence-electron chi connectivity index (χ3n) is 2.55. The Labute approximate surface area is 107 Å². The van der Waals surface area contributed by atoms with Crippen LogP contribution >= 0.6 is 11.3 Å². The summed E-state index contributed by atoms with van der Waals surface area (Å²) in [6.07, 6.45) is 1.67. The van der Waals surface area contributed by atoms with Gasteiger partial charge in [0.2, 0.25) is 0 Å². The van der Waals surface area contributed by atoms with Gasteiger partial charge in [0.25, 0.3) is 5.69 Å². The van der Waals surface area contributed by atoms with Crippen molar-refractivity contribution < 1.29 is 4.92 Å². The Kier molecular flexibility index (Phi) is 3.42. The molecule has 1 aromatic carbocycles. The van der Waals surface area contributed by atoms with E-state index in [-0.39, 0.29) is 10.6 Å². The number of rotatable bonds is 4. The van der Waals surface area contributed by atoms with E-state index in [0.717, 1.165) is 17.0 Å². The largest absolute Gasteiger partial charge is 0.388 e. The number of nitro groups is 1. The molecule has 0 spiro atoms. The number of non-ortho nitro benzene ring substituents is 1. The van der Waals surface area contributed by atoms with Crippen molar-refractivity contribution in [1.82, 2.24) is 4.57 Å². The minimum absolute atomic E-state index is 0.0206. The number of hydrogen-bond acceptors (Lipinski definition) is 5. The van der Waals surface area contributed by atoms with Gasteiger partial charge in [-0.25, -0.2) is 0 Å². The maximum absolute atomic E-state index is 11.5. The zero-order chi connectivity index (χ0) is 13.1. The molecular formula is C11H11N3O3S. The average molecular weight is 265 g/mol. The van der Waals surface area contributed by atoms with E-state index in [2.05, 4.69) is 5.32 Å². The van der Waals surface area contributed by atoms with Crippen LogP contribution in [0.2, 0.25) is 0 Å². The second kappa shape index (κ2) is 5.01. The molecule has 18 heavy (non-hydrogen) atoms. The van der Waals surface area contributed by atoms with Crippen LogP contribution in [-0.4, -0.2) is 16.5 Å². The zero-order valence-corrected chi connectivity index (χ0v) is 10.4. The minimum atomic E-state index is -0.445. The average Bonchev–Trinajstić information content (AvgIpc) is 2.75. The molecule has 1 heterocycles. The fourth-order valence-electron chi connectivity index (χ4n) is 1.66. The van der Waals surface area contributed by atoms with Crippen molar-refractivity contribution in [2.24, 2.45) is 0 Å². The van der Waals surface area contributed by atoms with Gasteiger partial charge in [-0.3, -0.25) is 14.9 Å². The van der Waals surface area contributed by atoms with Gasteiger partial charge in [0.1, 0.15) is 0 Å². The van der Waals surface area contributed by atoms with E-state index in [4.69, 9.17) is 0 Å². The highest BCUT2D eigenvalue weighted by Gasteiger charge is 2.11. The monoisotopic (exact) mass is 265 g/mol. The van der Waals surface area contributed by atoms with Crippen LogP contribution in [0.5, 0.6) is 0 Å². The first-order valence-corrected chi connectivity index (χ1v) is 6.09. The van der Waals surface area contributed by atoms with Crippen molar-refractivity contribution in [3.8, 4) is 0 Å². The quantitative estimate of drug-likeness (QED) is 0.676. The molecule has 7 heteroatoms. The van der Waals surface area contributed by atoms with Crippen LogP contribution in [0.4, 0.5) is 11.4 Å². The van der Waals surface area contributed by atoms with Gasteiger partial charge in [-0.2, -0.15) is 0 Å². The minimum Gasteiger partial charge on any atom is -0.388 e. The van der Waals surface area contributed by atoms with Crippen LogP contribution in [0, 0.1) is 10.1 Å². The molecule has 2 rings (SSSR count). The predicted molar refractivity (Wildman–Crippen MR) is 70.3 cm³/mol. The van der Waals surface area contributed by atoms with Crippen molar-refractivity contribution in [2.75, 3.05) is 12.4 Å². The highest BCUT2D eigenvalue weighted by molar-refractivity contribution is 7.07. The van der Waals surface area contributed by atoms with E-state index in [1.165, 1.54) is 16.7 Å². The fourth-order valence-corrected chi connectivity index (χ4v) is 2.24. The maximum Gasteiger partial charge on any atom is 0.307 e. The van der Waals surface area contributed by atoms with Crippen LogP contribution in [0.1, 0.15) is 5.56 Å². The molecular weight excluding hydrogens is 254 g/mol. The molecule has 0 unspecified atom stereocenters. The maximum atomic E-state index is 11.5. The van der Waals surface area contributed by atoms with E-state index in [1.807, 2.05) is 0 Å². The highest BCUT2D eigenvalue weighted by Crippen LogP contribution is 2.22. The number of nitro benzene ring substituents is 1. The molecule has 2 aromatic rings. The van der Waals surface area contributed by atoms with E-state index in [1.54, 1.807) is 24.7 Å². The summed E-state index contributed by atoms with van der Waals surface area (Å²) in [6.45, 7) is 0.320. The highest BCUT2D eigenvalue weighted by atomic mass is 32.1. The summed E-state index contributed by atoms with van der Waals surface area (Å²) in [7, 11) is 1.74. The van der Waals surface area contributed by atoms with Gasteiger partial charge in [-0.1, -0.05) is 11.3 Å². The molecule has 0 saturated heterocycles. The van der Waals surface area contributed by atoms with Crippen molar-refractivity contribution >= 4 is 22.7 Å². The van der Waals surface area contributed by atoms with Gasteiger partial charge in [-0.15, -0.1) is 0 Å². The van der Waals surface area contributed by atoms with Crippen molar-refractivity contribution in [3.05, 3.63) is 55.1 Å².